The molecule has 0 aliphatic rings. The predicted molar refractivity (Wildman–Crippen MR) is 54.5 cm³/mol. The van der Waals surface area contributed by atoms with Crippen LogP contribution in [0.3, 0.4) is 0 Å². The van der Waals surface area contributed by atoms with Crippen molar-refractivity contribution in [1.29, 1.82) is 5.26 Å². The summed E-state index contributed by atoms with van der Waals surface area (Å²) in [6.07, 6.45) is 3.91. The van der Waals surface area contributed by atoms with Crippen LogP contribution >= 0.6 is 0 Å². The quantitative estimate of drug-likeness (QED) is 0.615. The zero-order valence-corrected chi connectivity index (χ0v) is 9.30. The first kappa shape index (κ1) is 13.0. The van der Waals surface area contributed by atoms with E-state index < -0.39 is 5.41 Å². The van der Waals surface area contributed by atoms with Gasteiger partial charge in [0, 0.05) is 0 Å². The Bertz CT molecular complexity index is 220. The molecule has 0 amide bonds. The van der Waals surface area contributed by atoms with Crippen LogP contribution in [0.4, 0.5) is 0 Å². The minimum atomic E-state index is -0.903. The van der Waals surface area contributed by atoms with Crippen molar-refractivity contribution in [2.24, 2.45) is 5.41 Å². The second-order valence-electron chi connectivity index (χ2n) is 3.54. The normalized spacial score (nSPS) is 14.1. The molecule has 0 aliphatic carbocycles. The Morgan fingerprint density at radius 2 is 2.00 bits per heavy atom. The van der Waals surface area contributed by atoms with Crippen molar-refractivity contribution >= 4 is 5.97 Å². The van der Waals surface area contributed by atoms with Crippen LogP contribution in [-0.4, -0.2) is 13.1 Å². The summed E-state index contributed by atoms with van der Waals surface area (Å²) in [6.45, 7) is 4.02. The number of rotatable bonds is 6. The average molecular weight is 197 g/mol. The minimum absolute atomic E-state index is 0.379. The van der Waals surface area contributed by atoms with Gasteiger partial charge in [-0.05, 0) is 12.8 Å². The van der Waals surface area contributed by atoms with Crippen molar-refractivity contribution in [3.05, 3.63) is 0 Å². The number of esters is 1. The highest BCUT2D eigenvalue weighted by Crippen LogP contribution is 2.31. The first-order valence-electron chi connectivity index (χ1n) is 5.16. The van der Waals surface area contributed by atoms with Gasteiger partial charge in [0.25, 0.3) is 0 Å². The molecular formula is C11H19NO2. The Labute approximate surface area is 86.1 Å². The average Bonchev–Trinajstić information content (AvgIpc) is 2.23. The third-order valence-corrected chi connectivity index (χ3v) is 2.42. The molecule has 0 radical (unpaired) electrons. The molecule has 80 valence electrons. The largest absolute Gasteiger partial charge is 0.468 e. The third-order valence-electron chi connectivity index (χ3n) is 2.42. The standard InChI is InChI=1S/C11H19NO2/c1-4-6-8-11(9-12,7-5-2)10(13)14-3/h4-8H2,1-3H3. The van der Waals surface area contributed by atoms with E-state index >= 15 is 0 Å². The molecule has 1 unspecified atom stereocenters. The number of carbonyl (C=O) groups is 1. The number of carbonyl (C=O) groups excluding carboxylic acids is 1. The topological polar surface area (TPSA) is 50.1 Å². The molecule has 3 heteroatoms. The molecule has 14 heavy (non-hydrogen) atoms. The molecule has 0 bridgehead atoms. The van der Waals surface area contributed by atoms with Gasteiger partial charge in [-0.3, -0.25) is 4.79 Å². The zero-order valence-electron chi connectivity index (χ0n) is 9.30. The first-order valence-corrected chi connectivity index (χ1v) is 5.16. The van der Waals surface area contributed by atoms with E-state index in [1.165, 1.54) is 7.11 Å². The lowest BCUT2D eigenvalue weighted by Crippen LogP contribution is -2.30. The predicted octanol–water partition coefficient (Wildman–Crippen LogP) is 2.66. The number of nitriles is 1. The maximum atomic E-state index is 11.5. The molecule has 0 saturated carbocycles. The van der Waals surface area contributed by atoms with Crippen LogP contribution in [0.15, 0.2) is 0 Å². The molecule has 0 aromatic rings. The summed E-state index contributed by atoms with van der Waals surface area (Å²) in [7, 11) is 1.34. The molecule has 0 N–H and O–H groups in total. The molecule has 0 saturated heterocycles. The van der Waals surface area contributed by atoms with E-state index in [0.717, 1.165) is 19.3 Å². The van der Waals surface area contributed by atoms with Crippen LogP contribution < -0.4 is 0 Å². The lowest BCUT2D eigenvalue weighted by atomic mass is 9.80. The smallest absolute Gasteiger partial charge is 0.326 e. The second kappa shape index (κ2) is 6.42. The summed E-state index contributed by atoms with van der Waals surface area (Å²) in [6, 6.07) is 2.13. The highest BCUT2D eigenvalue weighted by atomic mass is 16.5. The summed E-state index contributed by atoms with van der Waals surface area (Å²) in [5.41, 5.74) is -0.903. The summed E-state index contributed by atoms with van der Waals surface area (Å²) in [5, 5.41) is 9.08. The summed E-state index contributed by atoms with van der Waals surface area (Å²) < 4.78 is 4.69. The van der Waals surface area contributed by atoms with Crippen molar-refractivity contribution in [1.82, 2.24) is 0 Å². The van der Waals surface area contributed by atoms with Crippen molar-refractivity contribution in [3.63, 3.8) is 0 Å². The van der Waals surface area contributed by atoms with Gasteiger partial charge in [0.1, 0.15) is 0 Å². The molecule has 0 rings (SSSR count). The fourth-order valence-electron chi connectivity index (χ4n) is 1.59. The van der Waals surface area contributed by atoms with Gasteiger partial charge < -0.3 is 4.74 Å². The van der Waals surface area contributed by atoms with Gasteiger partial charge in [0.15, 0.2) is 5.41 Å². The zero-order chi connectivity index (χ0) is 11.0. The number of unbranched alkanes of at least 4 members (excludes halogenated alkanes) is 1. The molecule has 0 aliphatic heterocycles. The molecule has 0 spiro atoms. The van der Waals surface area contributed by atoms with Crippen LogP contribution in [0.1, 0.15) is 46.0 Å². The minimum Gasteiger partial charge on any atom is -0.468 e. The molecule has 0 aromatic carbocycles. The van der Waals surface area contributed by atoms with E-state index in [4.69, 9.17) is 10.00 Å². The summed E-state index contributed by atoms with van der Waals surface area (Å²) in [5.74, 6) is -0.379. The number of methoxy groups -OCH3 is 1. The molecule has 0 fully saturated rings. The Morgan fingerprint density at radius 3 is 2.36 bits per heavy atom. The maximum Gasteiger partial charge on any atom is 0.326 e. The highest BCUT2D eigenvalue weighted by molar-refractivity contribution is 5.79. The second-order valence-corrected chi connectivity index (χ2v) is 3.54. The van der Waals surface area contributed by atoms with E-state index in [9.17, 15) is 4.79 Å². The monoisotopic (exact) mass is 197 g/mol. The van der Waals surface area contributed by atoms with Gasteiger partial charge >= 0.3 is 5.97 Å². The Kier molecular flexibility index (Phi) is 5.94. The lowest BCUT2D eigenvalue weighted by Gasteiger charge is -2.22. The van der Waals surface area contributed by atoms with Crippen LogP contribution in [0.2, 0.25) is 0 Å². The van der Waals surface area contributed by atoms with Crippen LogP contribution in [0.5, 0.6) is 0 Å². The number of hydrogen-bond acceptors (Lipinski definition) is 3. The van der Waals surface area contributed by atoms with E-state index in [2.05, 4.69) is 6.07 Å². The van der Waals surface area contributed by atoms with Crippen molar-refractivity contribution in [3.8, 4) is 6.07 Å². The van der Waals surface area contributed by atoms with Gasteiger partial charge in [0.05, 0.1) is 13.2 Å². The van der Waals surface area contributed by atoms with Crippen molar-refractivity contribution < 1.29 is 9.53 Å². The SMILES string of the molecule is CCCCC(C#N)(CCC)C(=O)OC. The van der Waals surface area contributed by atoms with Gasteiger partial charge in [-0.25, -0.2) is 0 Å². The van der Waals surface area contributed by atoms with Crippen molar-refractivity contribution in [2.45, 2.75) is 46.0 Å². The van der Waals surface area contributed by atoms with Crippen LogP contribution in [-0.2, 0) is 9.53 Å². The highest BCUT2D eigenvalue weighted by Gasteiger charge is 2.38. The van der Waals surface area contributed by atoms with Gasteiger partial charge in [0.2, 0.25) is 0 Å². The van der Waals surface area contributed by atoms with Gasteiger partial charge in [-0.1, -0.05) is 33.1 Å². The lowest BCUT2D eigenvalue weighted by molar-refractivity contribution is -0.150. The van der Waals surface area contributed by atoms with E-state index in [-0.39, 0.29) is 5.97 Å². The fraction of sp³-hybridized carbons (Fsp3) is 0.818. The number of ether oxygens (including phenoxy) is 1. The van der Waals surface area contributed by atoms with Gasteiger partial charge in [-0.2, -0.15) is 5.26 Å². The fourth-order valence-corrected chi connectivity index (χ4v) is 1.59. The first-order chi connectivity index (χ1) is 6.66. The Balaban J connectivity index is 4.61. The molecule has 1 atom stereocenters. The number of hydrogen-bond donors (Lipinski definition) is 0. The Hall–Kier alpha value is -1.04. The summed E-state index contributed by atoms with van der Waals surface area (Å²) in [4.78, 5) is 11.5. The molecule has 0 aromatic heterocycles. The molecule has 0 heterocycles. The van der Waals surface area contributed by atoms with Crippen LogP contribution in [0.25, 0.3) is 0 Å². The van der Waals surface area contributed by atoms with E-state index in [1.54, 1.807) is 0 Å². The van der Waals surface area contributed by atoms with Crippen LogP contribution in [0, 0.1) is 16.7 Å². The van der Waals surface area contributed by atoms with E-state index in [1.807, 2.05) is 13.8 Å². The summed E-state index contributed by atoms with van der Waals surface area (Å²) >= 11 is 0. The van der Waals surface area contributed by atoms with Gasteiger partial charge in [-0.15, -0.1) is 0 Å². The Morgan fingerprint density at radius 1 is 1.36 bits per heavy atom. The maximum absolute atomic E-state index is 11.5. The molecule has 3 nitrogen and oxygen atoms in total. The van der Waals surface area contributed by atoms with Crippen molar-refractivity contribution in [2.75, 3.05) is 7.11 Å². The number of nitrogens with zero attached hydrogens (tertiary/aromatic N) is 1. The van der Waals surface area contributed by atoms with E-state index in [0.29, 0.717) is 12.8 Å². The third kappa shape index (κ3) is 3.02. The molecular weight excluding hydrogens is 178 g/mol.